The fourth-order valence-corrected chi connectivity index (χ4v) is 4.03. The molecule has 0 bridgehead atoms. The number of rotatable bonds is 8. The molecule has 2 heterocycles. The molecular formula is C24H29N5O2. The third-order valence-electron chi connectivity index (χ3n) is 5.85. The van der Waals surface area contributed by atoms with Gasteiger partial charge in [0.15, 0.2) is 5.69 Å². The van der Waals surface area contributed by atoms with Gasteiger partial charge in [-0.1, -0.05) is 47.7 Å². The van der Waals surface area contributed by atoms with Gasteiger partial charge in [-0.25, -0.2) is 4.68 Å². The average molecular weight is 420 g/mol. The van der Waals surface area contributed by atoms with Crippen molar-refractivity contribution in [2.75, 3.05) is 33.3 Å². The van der Waals surface area contributed by atoms with Gasteiger partial charge in [0, 0.05) is 13.1 Å². The molecule has 1 N–H and O–H groups in total. The Balaban J connectivity index is 1.19. The van der Waals surface area contributed by atoms with Gasteiger partial charge in [-0.3, -0.25) is 4.79 Å². The van der Waals surface area contributed by atoms with Gasteiger partial charge in [0.1, 0.15) is 5.75 Å². The zero-order valence-corrected chi connectivity index (χ0v) is 17.9. The fraction of sp³-hybridized carbons (Fsp3) is 0.375. The van der Waals surface area contributed by atoms with Gasteiger partial charge in [0.05, 0.1) is 19.9 Å². The number of amides is 1. The summed E-state index contributed by atoms with van der Waals surface area (Å²) < 4.78 is 6.84. The van der Waals surface area contributed by atoms with Gasteiger partial charge >= 0.3 is 0 Å². The molecule has 0 unspecified atom stereocenters. The predicted octanol–water partition coefficient (Wildman–Crippen LogP) is 2.94. The molecule has 1 saturated heterocycles. The Kier molecular flexibility index (Phi) is 6.94. The summed E-state index contributed by atoms with van der Waals surface area (Å²) >= 11 is 0. The van der Waals surface area contributed by atoms with Crippen molar-refractivity contribution in [2.45, 2.75) is 25.3 Å². The molecule has 7 nitrogen and oxygen atoms in total. The summed E-state index contributed by atoms with van der Waals surface area (Å²) in [5.74, 6) is 1.28. The number of nitrogens with zero attached hydrogens (tertiary/aromatic N) is 4. The summed E-state index contributed by atoms with van der Waals surface area (Å²) in [6.07, 6.45) is 4.01. The number of benzene rings is 2. The standard InChI is InChI=1S/C24H29N5O2/c1-31-22-9-7-19(8-10-22)17-29-18-23(26-27-29)24(30)25-13-16-28-14-11-21(12-15-28)20-5-3-2-4-6-20/h2-10,18,21H,11-17H2,1H3,(H,25,30). The Morgan fingerprint density at radius 1 is 1.10 bits per heavy atom. The van der Waals surface area contributed by atoms with Crippen molar-refractivity contribution >= 4 is 5.91 Å². The minimum atomic E-state index is -0.180. The summed E-state index contributed by atoms with van der Waals surface area (Å²) in [4.78, 5) is 14.8. The normalized spacial score (nSPS) is 15.0. The zero-order chi connectivity index (χ0) is 21.5. The van der Waals surface area contributed by atoms with Crippen molar-refractivity contribution in [3.05, 3.63) is 77.6 Å². The van der Waals surface area contributed by atoms with E-state index in [4.69, 9.17) is 4.74 Å². The van der Waals surface area contributed by atoms with Crippen LogP contribution >= 0.6 is 0 Å². The molecule has 0 atom stereocenters. The van der Waals surface area contributed by atoms with E-state index in [-0.39, 0.29) is 5.91 Å². The third-order valence-corrected chi connectivity index (χ3v) is 5.85. The van der Waals surface area contributed by atoms with Crippen LogP contribution in [0.4, 0.5) is 0 Å². The van der Waals surface area contributed by atoms with Gasteiger partial charge < -0.3 is 15.0 Å². The van der Waals surface area contributed by atoms with Crippen LogP contribution in [-0.2, 0) is 6.54 Å². The summed E-state index contributed by atoms with van der Waals surface area (Å²) in [5, 5.41) is 11.1. The number of aromatic nitrogens is 3. The molecule has 1 aliphatic heterocycles. The number of piperidine rings is 1. The van der Waals surface area contributed by atoms with Crippen molar-refractivity contribution in [1.82, 2.24) is 25.2 Å². The predicted molar refractivity (Wildman–Crippen MR) is 119 cm³/mol. The van der Waals surface area contributed by atoms with E-state index in [9.17, 15) is 4.79 Å². The van der Waals surface area contributed by atoms with E-state index in [1.807, 2.05) is 24.3 Å². The quantitative estimate of drug-likeness (QED) is 0.608. The van der Waals surface area contributed by atoms with E-state index in [0.29, 0.717) is 24.7 Å². The van der Waals surface area contributed by atoms with Crippen LogP contribution in [0.1, 0.15) is 40.4 Å². The van der Waals surface area contributed by atoms with Crippen molar-refractivity contribution < 1.29 is 9.53 Å². The molecule has 7 heteroatoms. The van der Waals surface area contributed by atoms with Gasteiger partial charge in [0.2, 0.25) is 0 Å². The molecule has 0 saturated carbocycles. The van der Waals surface area contributed by atoms with Crippen LogP contribution in [0.5, 0.6) is 5.75 Å². The third kappa shape index (κ3) is 5.70. The number of methoxy groups -OCH3 is 1. The Hall–Kier alpha value is -3.19. The van der Waals surface area contributed by atoms with Crippen molar-refractivity contribution in [1.29, 1.82) is 0 Å². The number of hydrogen-bond donors (Lipinski definition) is 1. The monoisotopic (exact) mass is 419 g/mol. The van der Waals surface area contributed by atoms with Crippen LogP contribution < -0.4 is 10.1 Å². The van der Waals surface area contributed by atoms with Crippen LogP contribution in [-0.4, -0.2) is 59.1 Å². The molecule has 1 aromatic heterocycles. The van der Waals surface area contributed by atoms with Crippen molar-refractivity contribution in [2.24, 2.45) is 0 Å². The van der Waals surface area contributed by atoms with E-state index < -0.39 is 0 Å². The maximum Gasteiger partial charge on any atom is 0.273 e. The van der Waals surface area contributed by atoms with Crippen LogP contribution in [0.3, 0.4) is 0 Å². The van der Waals surface area contributed by atoms with E-state index in [1.54, 1.807) is 18.0 Å². The lowest BCUT2D eigenvalue weighted by atomic mass is 9.89. The van der Waals surface area contributed by atoms with Crippen molar-refractivity contribution in [3.63, 3.8) is 0 Å². The largest absolute Gasteiger partial charge is 0.497 e. The van der Waals surface area contributed by atoms with Gasteiger partial charge in [-0.05, 0) is 55.1 Å². The molecule has 4 rings (SSSR count). The highest BCUT2D eigenvalue weighted by Gasteiger charge is 2.20. The van der Waals surface area contributed by atoms with Crippen LogP contribution in [0.15, 0.2) is 60.8 Å². The lowest BCUT2D eigenvalue weighted by Crippen LogP contribution is -2.39. The average Bonchev–Trinajstić information content (AvgIpc) is 3.29. The first-order chi connectivity index (χ1) is 15.2. The number of carbonyl (C=O) groups is 1. The first-order valence-corrected chi connectivity index (χ1v) is 10.8. The highest BCUT2D eigenvalue weighted by atomic mass is 16.5. The smallest absolute Gasteiger partial charge is 0.273 e. The Bertz CT molecular complexity index is 963. The maximum atomic E-state index is 12.4. The summed E-state index contributed by atoms with van der Waals surface area (Å²) in [6.45, 7) is 4.15. The van der Waals surface area contributed by atoms with Crippen molar-refractivity contribution in [3.8, 4) is 5.75 Å². The lowest BCUT2D eigenvalue weighted by Gasteiger charge is -2.32. The summed E-state index contributed by atoms with van der Waals surface area (Å²) in [5.41, 5.74) is 2.85. The molecule has 0 aliphatic carbocycles. The second-order valence-corrected chi connectivity index (χ2v) is 7.93. The number of hydrogen-bond acceptors (Lipinski definition) is 5. The maximum absolute atomic E-state index is 12.4. The number of carbonyl (C=O) groups excluding carboxylic acids is 1. The fourth-order valence-electron chi connectivity index (χ4n) is 4.03. The van der Waals surface area contributed by atoms with Crippen LogP contribution in [0.2, 0.25) is 0 Å². The Morgan fingerprint density at radius 2 is 1.84 bits per heavy atom. The molecule has 0 radical (unpaired) electrons. The highest BCUT2D eigenvalue weighted by Crippen LogP contribution is 2.27. The number of likely N-dealkylation sites (tertiary alicyclic amines) is 1. The molecule has 31 heavy (non-hydrogen) atoms. The first-order valence-electron chi connectivity index (χ1n) is 10.8. The van der Waals surface area contributed by atoms with Gasteiger partial charge in [-0.15, -0.1) is 5.10 Å². The number of ether oxygens (including phenoxy) is 1. The van der Waals surface area contributed by atoms with Crippen LogP contribution in [0, 0.1) is 0 Å². The molecule has 2 aromatic carbocycles. The Labute approximate surface area is 183 Å². The van der Waals surface area contributed by atoms with E-state index >= 15 is 0 Å². The minimum Gasteiger partial charge on any atom is -0.497 e. The summed E-state index contributed by atoms with van der Waals surface area (Å²) in [6, 6.07) is 18.5. The first kappa shape index (κ1) is 21.1. The molecule has 3 aromatic rings. The van der Waals surface area contributed by atoms with E-state index in [2.05, 4.69) is 50.9 Å². The van der Waals surface area contributed by atoms with E-state index in [1.165, 1.54) is 5.56 Å². The molecular weight excluding hydrogens is 390 g/mol. The van der Waals surface area contributed by atoms with Gasteiger partial charge in [0.25, 0.3) is 5.91 Å². The topological polar surface area (TPSA) is 72.3 Å². The molecule has 1 aliphatic rings. The summed E-state index contributed by atoms with van der Waals surface area (Å²) in [7, 11) is 1.64. The number of nitrogens with one attached hydrogen (secondary N) is 1. The molecule has 1 fully saturated rings. The van der Waals surface area contributed by atoms with Gasteiger partial charge in [-0.2, -0.15) is 0 Å². The van der Waals surface area contributed by atoms with Crippen LogP contribution in [0.25, 0.3) is 0 Å². The molecule has 0 spiro atoms. The highest BCUT2D eigenvalue weighted by molar-refractivity contribution is 5.91. The van der Waals surface area contributed by atoms with E-state index in [0.717, 1.165) is 43.8 Å². The minimum absolute atomic E-state index is 0.180. The molecule has 1 amide bonds. The second kappa shape index (κ2) is 10.2. The lowest BCUT2D eigenvalue weighted by molar-refractivity contribution is 0.0940. The Morgan fingerprint density at radius 3 is 2.55 bits per heavy atom. The second-order valence-electron chi connectivity index (χ2n) is 7.93. The zero-order valence-electron chi connectivity index (χ0n) is 17.9. The SMILES string of the molecule is COc1ccc(Cn2cc(C(=O)NCCN3CCC(c4ccccc4)CC3)nn2)cc1. The molecule has 162 valence electrons.